The first kappa shape index (κ1) is 8.43. The van der Waals surface area contributed by atoms with Gasteiger partial charge in [-0.05, 0) is 13.3 Å². The normalized spacial score (nSPS) is 9.00. The molecule has 0 saturated heterocycles. The smallest absolute Gasteiger partial charge is 0.207 e. The highest BCUT2D eigenvalue weighted by Crippen LogP contribution is 1.77. The van der Waals surface area contributed by atoms with Crippen LogP contribution in [0.1, 0.15) is 13.3 Å². The highest BCUT2D eigenvalue weighted by Gasteiger charge is 1.83. The highest BCUT2D eigenvalue weighted by atomic mass is 16.5. The van der Waals surface area contributed by atoms with E-state index >= 15 is 0 Å². The average Bonchev–Trinajstić information content (AvgIpc) is 1.89. The third kappa shape index (κ3) is 7.43. The molecule has 0 atom stereocenters. The van der Waals surface area contributed by atoms with E-state index in [2.05, 4.69) is 5.32 Å². The second kappa shape index (κ2) is 7.43. The number of hydrogen-bond donors (Lipinski definition) is 1. The van der Waals surface area contributed by atoms with Crippen LogP contribution in [0.3, 0.4) is 0 Å². The maximum atomic E-state index is 9.69. The molecule has 0 aromatic carbocycles. The van der Waals surface area contributed by atoms with Gasteiger partial charge in [-0.3, -0.25) is 4.79 Å². The van der Waals surface area contributed by atoms with E-state index in [-0.39, 0.29) is 0 Å². The minimum atomic E-state index is 0.700. The molecule has 0 bridgehead atoms. The van der Waals surface area contributed by atoms with Gasteiger partial charge in [-0.25, -0.2) is 0 Å². The van der Waals surface area contributed by atoms with Crippen LogP contribution in [-0.4, -0.2) is 26.2 Å². The fourth-order valence-corrected chi connectivity index (χ4v) is 0.480. The first-order valence-electron chi connectivity index (χ1n) is 3.16. The van der Waals surface area contributed by atoms with Crippen molar-refractivity contribution in [3.05, 3.63) is 0 Å². The number of ether oxygens (including phenoxy) is 1. The second-order valence-electron chi connectivity index (χ2n) is 1.62. The predicted octanol–water partition coefficient (Wildman–Crippen LogP) is 0.159. The molecular weight excluding hydrogens is 118 g/mol. The Balaban J connectivity index is 2.66. The van der Waals surface area contributed by atoms with Gasteiger partial charge in [0.2, 0.25) is 6.41 Å². The third-order valence-corrected chi connectivity index (χ3v) is 0.897. The molecule has 0 aliphatic heterocycles. The van der Waals surface area contributed by atoms with Crippen molar-refractivity contribution in [2.45, 2.75) is 13.3 Å². The second-order valence-corrected chi connectivity index (χ2v) is 1.62. The molecule has 0 aliphatic rings. The quantitative estimate of drug-likeness (QED) is 0.412. The lowest BCUT2D eigenvalue weighted by Crippen LogP contribution is -2.13. The summed E-state index contributed by atoms with van der Waals surface area (Å²) in [6.07, 6.45) is 1.60. The van der Waals surface area contributed by atoms with Crippen LogP contribution in [-0.2, 0) is 9.53 Å². The highest BCUT2D eigenvalue weighted by molar-refractivity contribution is 5.45. The number of amides is 1. The summed E-state index contributed by atoms with van der Waals surface area (Å²) >= 11 is 0. The Hall–Kier alpha value is -0.570. The molecule has 0 saturated carbocycles. The lowest BCUT2D eigenvalue weighted by Gasteiger charge is -1.98. The van der Waals surface area contributed by atoms with Gasteiger partial charge >= 0.3 is 0 Å². The topological polar surface area (TPSA) is 38.3 Å². The van der Waals surface area contributed by atoms with Crippen molar-refractivity contribution in [3.8, 4) is 0 Å². The summed E-state index contributed by atoms with van der Waals surface area (Å²) in [4.78, 5) is 9.69. The van der Waals surface area contributed by atoms with Gasteiger partial charge < -0.3 is 10.1 Å². The Bertz CT molecular complexity index is 66.1. The zero-order valence-corrected chi connectivity index (χ0v) is 5.72. The summed E-state index contributed by atoms with van der Waals surface area (Å²) in [5, 5.41) is 2.55. The van der Waals surface area contributed by atoms with E-state index in [1.54, 1.807) is 0 Å². The van der Waals surface area contributed by atoms with Gasteiger partial charge in [-0.15, -0.1) is 0 Å². The first-order valence-corrected chi connectivity index (χ1v) is 3.16. The monoisotopic (exact) mass is 131 g/mol. The molecule has 0 radical (unpaired) electrons. The van der Waals surface area contributed by atoms with Gasteiger partial charge in [-0.1, -0.05) is 0 Å². The maximum Gasteiger partial charge on any atom is 0.207 e. The number of nitrogens with one attached hydrogen (secondary N) is 1. The third-order valence-electron chi connectivity index (χ3n) is 0.897. The van der Waals surface area contributed by atoms with Crippen molar-refractivity contribution in [3.63, 3.8) is 0 Å². The first-order chi connectivity index (χ1) is 4.41. The lowest BCUT2D eigenvalue weighted by molar-refractivity contribution is -0.109. The van der Waals surface area contributed by atoms with E-state index < -0.39 is 0 Å². The summed E-state index contributed by atoms with van der Waals surface area (Å²) in [5.41, 5.74) is 0. The van der Waals surface area contributed by atoms with Crippen molar-refractivity contribution in [1.82, 2.24) is 5.32 Å². The van der Waals surface area contributed by atoms with Crippen molar-refractivity contribution < 1.29 is 9.53 Å². The minimum absolute atomic E-state index is 0.700. The lowest BCUT2D eigenvalue weighted by atomic mass is 10.4. The molecule has 0 aliphatic carbocycles. The molecule has 3 nitrogen and oxygen atoms in total. The van der Waals surface area contributed by atoms with Gasteiger partial charge in [0.05, 0.1) is 0 Å². The number of rotatable bonds is 6. The zero-order valence-electron chi connectivity index (χ0n) is 5.72. The predicted molar refractivity (Wildman–Crippen MR) is 35.2 cm³/mol. The average molecular weight is 131 g/mol. The van der Waals surface area contributed by atoms with E-state index in [0.29, 0.717) is 13.0 Å². The molecule has 0 aromatic heterocycles. The van der Waals surface area contributed by atoms with Gasteiger partial charge in [0.1, 0.15) is 0 Å². The molecule has 54 valence electrons. The standard InChI is InChI=1S/C6H13NO2/c1-2-9-5-3-4-7-6-8/h6H,2-5H2,1H3,(H,7,8). The van der Waals surface area contributed by atoms with Crippen LogP contribution in [0.25, 0.3) is 0 Å². The summed E-state index contributed by atoms with van der Waals surface area (Å²) in [6, 6.07) is 0. The van der Waals surface area contributed by atoms with Gasteiger partial charge in [-0.2, -0.15) is 0 Å². The Morgan fingerprint density at radius 3 is 3.00 bits per heavy atom. The van der Waals surface area contributed by atoms with Gasteiger partial charge in [0.15, 0.2) is 0 Å². The molecule has 0 rings (SSSR count). The Morgan fingerprint density at radius 1 is 1.67 bits per heavy atom. The molecule has 3 heteroatoms. The molecule has 0 fully saturated rings. The number of carbonyl (C=O) groups is 1. The Labute approximate surface area is 55.4 Å². The van der Waals surface area contributed by atoms with Crippen molar-refractivity contribution >= 4 is 6.41 Å². The van der Waals surface area contributed by atoms with Crippen molar-refractivity contribution in [2.75, 3.05) is 19.8 Å². The SMILES string of the molecule is CCOCCCNC=O. The zero-order chi connectivity index (χ0) is 6.95. The summed E-state index contributed by atoms with van der Waals surface area (Å²) in [6.45, 7) is 4.15. The van der Waals surface area contributed by atoms with Crippen LogP contribution in [0.2, 0.25) is 0 Å². The van der Waals surface area contributed by atoms with E-state index in [1.165, 1.54) is 0 Å². The van der Waals surface area contributed by atoms with Crippen molar-refractivity contribution in [2.24, 2.45) is 0 Å². The largest absolute Gasteiger partial charge is 0.382 e. The number of carbonyl (C=O) groups excluding carboxylic acids is 1. The summed E-state index contributed by atoms with van der Waals surface area (Å²) in [5.74, 6) is 0. The van der Waals surface area contributed by atoms with E-state index in [9.17, 15) is 4.79 Å². The van der Waals surface area contributed by atoms with Crippen LogP contribution < -0.4 is 5.32 Å². The van der Waals surface area contributed by atoms with Crippen molar-refractivity contribution in [1.29, 1.82) is 0 Å². The molecule has 9 heavy (non-hydrogen) atoms. The molecule has 0 unspecified atom stereocenters. The fourth-order valence-electron chi connectivity index (χ4n) is 0.480. The van der Waals surface area contributed by atoms with Crippen LogP contribution in [0.15, 0.2) is 0 Å². The van der Waals surface area contributed by atoms with Crippen LogP contribution in [0.4, 0.5) is 0 Å². The number of hydrogen-bond acceptors (Lipinski definition) is 2. The van der Waals surface area contributed by atoms with E-state index in [0.717, 1.165) is 19.6 Å². The van der Waals surface area contributed by atoms with Crippen LogP contribution in [0.5, 0.6) is 0 Å². The molecular formula is C6H13NO2. The maximum absolute atomic E-state index is 9.69. The van der Waals surface area contributed by atoms with E-state index in [1.807, 2.05) is 6.92 Å². The summed E-state index contributed by atoms with van der Waals surface area (Å²) in [7, 11) is 0. The van der Waals surface area contributed by atoms with Crippen LogP contribution >= 0.6 is 0 Å². The minimum Gasteiger partial charge on any atom is -0.382 e. The Morgan fingerprint density at radius 2 is 2.44 bits per heavy atom. The Kier molecular flexibility index (Phi) is 6.96. The summed E-state index contributed by atoms with van der Waals surface area (Å²) < 4.78 is 5.02. The molecule has 0 spiro atoms. The molecule has 0 heterocycles. The van der Waals surface area contributed by atoms with E-state index in [4.69, 9.17) is 4.74 Å². The van der Waals surface area contributed by atoms with Gasteiger partial charge in [0, 0.05) is 19.8 Å². The van der Waals surface area contributed by atoms with Gasteiger partial charge in [0.25, 0.3) is 0 Å². The molecule has 1 N–H and O–H groups in total. The van der Waals surface area contributed by atoms with Crippen LogP contribution in [0, 0.1) is 0 Å². The fraction of sp³-hybridized carbons (Fsp3) is 0.833. The molecule has 1 amide bonds. The molecule has 0 aromatic rings.